The van der Waals surface area contributed by atoms with Gasteiger partial charge < -0.3 is 9.38 Å². The Balaban J connectivity index is 1.41. The third kappa shape index (κ3) is 2.04. The quantitative estimate of drug-likeness (QED) is 0.292. The molecular weight excluding hydrogens is 482 g/mol. The molecule has 4 aliphatic rings. The number of rotatable bonds is 1. The molecule has 0 unspecified atom stereocenters. The van der Waals surface area contributed by atoms with E-state index in [-0.39, 0.29) is 13.6 Å². The van der Waals surface area contributed by atoms with Crippen molar-refractivity contribution >= 4 is 74.1 Å². The molecule has 0 saturated heterocycles. The van der Waals surface area contributed by atoms with Crippen LogP contribution in [0.3, 0.4) is 0 Å². The van der Waals surface area contributed by atoms with Crippen LogP contribution in [-0.2, 0) is 0 Å². The van der Waals surface area contributed by atoms with Crippen molar-refractivity contribution in [2.45, 2.75) is 0 Å². The maximum atomic E-state index is 2.73. The maximum absolute atomic E-state index is 2.73. The van der Waals surface area contributed by atoms with Crippen molar-refractivity contribution in [2.24, 2.45) is 0 Å². The third-order valence-electron chi connectivity index (χ3n) is 9.96. The number of anilines is 2. The molecule has 0 N–H and O–H groups in total. The van der Waals surface area contributed by atoms with Crippen molar-refractivity contribution in [1.82, 2.24) is 4.57 Å². The highest BCUT2D eigenvalue weighted by Crippen LogP contribution is 2.50. The molecule has 0 aliphatic carbocycles. The van der Waals surface area contributed by atoms with Crippen LogP contribution in [0.2, 0.25) is 0 Å². The fraction of sp³-hybridized carbons (Fsp3) is 0. The summed E-state index contributed by atoms with van der Waals surface area (Å²) < 4.78 is 2.55. The predicted octanol–water partition coefficient (Wildman–Crippen LogP) is 4.83. The molecule has 0 spiro atoms. The molecule has 4 heteroatoms. The van der Waals surface area contributed by atoms with Gasteiger partial charge in [0, 0.05) is 39.0 Å². The van der Waals surface area contributed by atoms with Crippen LogP contribution in [0.4, 0.5) is 11.4 Å². The van der Waals surface area contributed by atoms with Crippen LogP contribution >= 0.6 is 0 Å². The van der Waals surface area contributed by atoms with Gasteiger partial charge in [0.15, 0.2) is 0 Å². The molecule has 0 atom stereocenters. The SMILES string of the molecule is c1ccc(B2c3cccc4c3N3B5c6c-4cccc6-n4c6ccccc6c6ccc(c5c64)-c4cccc2c43)cc1. The second-order valence-corrected chi connectivity index (χ2v) is 11.6. The van der Waals surface area contributed by atoms with Crippen molar-refractivity contribution in [3.05, 3.63) is 121 Å². The first-order chi connectivity index (χ1) is 19.9. The maximum Gasteiger partial charge on any atom is 0.333 e. The smallest absolute Gasteiger partial charge is 0.333 e. The van der Waals surface area contributed by atoms with Gasteiger partial charge in [-0.2, -0.15) is 0 Å². The first-order valence-corrected chi connectivity index (χ1v) is 14.2. The van der Waals surface area contributed by atoms with Gasteiger partial charge in [-0.1, -0.05) is 115 Å². The lowest BCUT2D eigenvalue weighted by molar-refractivity contribution is 1.18. The molecule has 11 rings (SSSR count). The molecule has 5 heterocycles. The zero-order valence-corrected chi connectivity index (χ0v) is 21.6. The Morgan fingerprint density at radius 2 is 1.15 bits per heavy atom. The minimum atomic E-state index is 0.153. The zero-order valence-electron chi connectivity index (χ0n) is 21.6. The molecule has 180 valence electrons. The Labute approximate surface area is 232 Å². The van der Waals surface area contributed by atoms with E-state index in [1.807, 2.05) is 0 Å². The van der Waals surface area contributed by atoms with Crippen LogP contribution < -0.4 is 32.1 Å². The predicted molar refractivity (Wildman–Crippen MR) is 170 cm³/mol. The van der Waals surface area contributed by atoms with Crippen molar-refractivity contribution in [2.75, 3.05) is 4.81 Å². The first kappa shape index (κ1) is 20.0. The molecule has 7 aromatic rings. The van der Waals surface area contributed by atoms with Gasteiger partial charge in [0.2, 0.25) is 6.71 Å². The van der Waals surface area contributed by atoms with E-state index in [1.54, 1.807) is 0 Å². The van der Waals surface area contributed by atoms with E-state index in [0.29, 0.717) is 0 Å². The van der Waals surface area contributed by atoms with Crippen molar-refractivity contribution in [3.63, 3.8) is 0 Å². The second-order valence-electron chi connectivity index (χ2n) is 11.6. The summed E-state index contributed by atoms with van der Waals surface area (Å²) in [6.07, 6.45) is 0. The Morgan fingerprint density at radius 1 is 0.475 bits per heavy atom. The molecule has 0 amide bonds. The summed E-state index contributed by atoms with van der Waals surface area (Å²) in [7, 11) is 0. The van der Waals surface area contributed by atoms with E-state index in [0.717, 1.165) is 0 Å². The lowest BCUT2D eigenvalue weighted by Gasteiger charge is -2.50. The van der Waals surface area contributed by atoms with E-state index >= 15 is 0 Å². The molecule has 0 saturated carbocycles. The normalized spacial score (nSPS) is 14.3. The van der Waals surface area contributed by atoms with Gasteiger partial charge in [-0.25, -0.2) is 0 Å². The molecule has 1 aromatic heterocycles. The van der Waals surface area contributed by atoms with Gasteiger partial charge in [0.25, 0.3) is 0 Å². The van der Waals surface area contributed by atoms with E-state index in [1.165, 1.54) is 88.4 Å². The van der Waals surface area contributed by atoms with Gasteiger partial charge in [-0.3, -0.25) is 0 Å². The lowest BCUT2D eigenvalue weighted by atomic mass is 9.31. The van der Waals surface area contributed by atoms with Gasteiger partial charge >= 0.3 is 6.85 Å². The minimum absolute atomic E-state index is 0.153. The van der Waals surface area contributed by atoms with Crippen LogP contribution in [0.15, 0.2) is 121 Å². The molecule has 2 nitrogen and oxygen atoms in total. The molecule has 0 bridgehead atoms. The number of para-hydroxylation sites is 3. The van der Waals surface area contributed by atoms with Crippen molar-refractivity contribution in [1.29, 1.82) is 0 Å². The fourth-order valence-corrected chi connectivity index (χ4v) is 8.62. The third-order valence-corrected chi connectivity index (χ3v) is 9.96. The molecule has 40 heavy (non-hydrogen) atoms. The van der Waals surface area contributed by atoms with Crippen LogP contribution in [0.1, 0.15) is 0 Å². The summed E-state index contributed by atoms with van der Waals surface area (Å²) in [4.78, 5) is 2.73. The average molecular weight is 502 g/mol. The number of hydrogen-bond acceptors (Lipinski definition) is 1. The van der Waals surface area contributed by atoms with Gasteiger partial charge in [-0.15, -0.1) is 0 Å². The van der Waals surface area contributed by atoms with E-state index in [9.17, 15) is 0 Å². The molecule has 0 fully saturated rings. The van der Waals surface area contributed by atoms with E-state index < -0.39 is 0 Å². The van der Waals surface area contributed by atoms with E-state index in [4.69, 9.17) is 0 Å². The van der Waals surface area contributed by atoms with Crippen molar-refractivity contribution in [3.8, 4) is 27.9 Å². The number of hydrogen-bond donors (Lipinski definition) is 0. The Morgan fingerprint density at radius 3 is 1.95 bits per heavy atom. The highest BCUT2D eigenvalue weighted by molar-refractivity contribution is 7.02. The number of nitrogens with zero attached hydrogens (tertiary/aromatic N) is 2. The van der Waals surface area contributed by atoms with E-state index in [2.05, 4.69) is 131 Å². The summed E-state index contributed by atoms with van der Waals surface area (Å²) in [6, 6.07) is 45.7. The summed E-state index contributed by atoms with van der Waals surface area (Å²) in [5.74, 6) is 0. The second kappa shape index (κ2) is 6.60. The standard InChI is InChI=1S/C36H20B2N2/c1-2-9-21(10-3-1)37-28-15-6-13-25-23-12-8-18-31-32(23)38-33-24(26-14-7-16-29(37)35(26)40(38)34(25)28)19-20-27-22-11-4-5-17-30(22)39(31)36(27)33/h1-20H. The number of aromatic nitrogens is 1. The molecule has 4 aliphatic heterocycles. The lowest BCUT2D eigenvalue weighted by Crippen LogP contribution is -2.69. The highest BCUT2D eigenvalue weighted by atomic mass is 15.1. The first-order valence-electron chi connectivity index (χ1n) is 14.2. The van der Waals surface area contributed by atoms with Crippen LogP contribution in [0.5, 0.6) is 0 Å². The fourth-order valence-electron chi connectivity index (χ4n) is 8.62. The topological polar surface area (TPSA) is 8.17 Å². The Hall–Kier alpha value is -4.95. The van der Waals surface area contributed by atoms with Crippen LogP contribution in [0.25, 0.3) is 49.7 Å². The Kier molecular flexibility index (Phi) is 3.31. The number of benzene rings is 6. The summed E-state index contributed by atoms with van der Waals surface area (Å²) >= 11 is 0. The van der Waals surface area contributed by atoms with Gasteiger partial charge in [0.05, 0.1) is 11.0 Å². The summed E-state index contributed by atoms with van der Waals surface area (Å²) in [5, 5.41) is 2.68. The molecule has 6 aromatic carbocycles. The highest BCUT2D eigenvalue weighted by Gasteiger charge is 2.51. The van der Waals surface area contributed by atoms with Crippen LogP contribution in [-0.4, -0.2) is 18.1 Å². The summed E-state index contributed by atoms with van der Waals surface area (Å²) in [5.41, 5.74) is 19.3. The zero-order chi connectivity index (χ0) is 25.7. The van der Waals surface area contributed by atoms with Gasteiger partial charge in [0.1, 0.15) is 0 Å². The monoisotopic (exact) mass is 502 g/mol. The summed E-state index contributed by atoms with van der Waals surface area (Å²) in [6.45, 7) is 0.355. The van der Waals surface area contributed by atoms with Gasteiger partial charge in [-0.05, 0) is 45.1 Å². The minimum Gasteiger partial charge on any atom is -0.377 e. The van der Waals surface area contributed by atoms with Crippen LogP contribution in [0, 0.1) is 0 Å². The average Bonchev–Trinajstić information content (AvgIpc) is 3.36. The Bertz CT molecular complexity index is 2300. The molecule has 0 radical (unpaired) electrons. The largest absolute Gasteiger partial charge is 0.377 e. The van der Waals surface area contributed by atoms with Crippen molar-refractivity contribution < 1.29 is 0 Å². The number of fused-ring (bicyclic) bond motifs is 6. The molecular formula is C36H20B2N2.